The monoisotopic (exact) mass is 152 g/mol. The summed E-state index contributed by atoms with van der Waals surface area (Å²) in [6.45, 7) is 10.5. The third-order valence-corrected chi connectivity index (χ3v) is 1.75. The van der Waals surface area contributed by atoms with Crippen LogP contribution < -0.4 is 0 Å². The smallest absolute Gasteiger partial charge is 0.0282 e. The van der Waals surface area contributed by atoms with Crippen molar-refractivity contribution < 1.29 is 0 Å². The molecule has 0 aromatic rings. The van der Waals surface area contributed by atoms with E-state index in [2.05, 4.69) is 33.4 Å². The average Bonchev–Trinajstić information content (AvgIpc) is 1.97. The summed E-state index contributed by atoms with van der Waals surface area (Å²) in [5.41, 5.74) is 2.69. The first-order valence-electron chi connectivity index (χ1n) is 4.57. The van der Waals surface area contributed by atoms with E-state index in [1.165, 1.54) is 36.8 Å². The summed E-state index contributed by atoms with van der Waals surface area (Å²) in [6, 6.07) is 0. The molecule has 0 saturated carbocycles. The molecule has 0 fully saturated rings. The maximum Gasteiger partial charge on any atom is -0.0282 e. The van der Waals surface area contributed by atoms with Crippen molar-refractivity contribution in [1.29, 1.82) is 0 Å². The minimum absolute atomic E-state index is 1.19. The zero-order chi connectivity index (χ0) is 8.69. The molecule has 64 valence electrons. The van der Waals surface area contributed by atoms with Crippen LogP contribution in [0, 0.1) is 0 Å². The van der Waals surface area contributed by atoms with Crippen molar-refractivity contribution >= 4 is 0 Å². The zero-order valence-corrected chi connectivity index (χ0v) is 8.11. The second-order valence-corrected chi connectivity index (χ2v) is 3.05. The van der Waals surface area contributed by atoms with Gasteiger partial charge in [-0.2, -0.15) is 0 Å². The van der Waals surface area contributed by atoms with Gasteiger partial charge in [-0.05, 0) is 25.3 Å². The average molecular weight is 152 g/mol. The maximum absolute atomic E-state index is 3.96. The third-order valence-electron chi connectivity index (χ3n) is 1.75. The molecule has 0 unspecified atom stereocenters. The largest absolute Gasteiger partial charge is 0.0958 e. The van der Waals surface area contributed by atoms with Crippen LogP contribution in [0.2, 0.25) is 0 Å². The predicted octanol–water partition coefficient (Wildman–Crippen LogP) is 4.09. The fourth-order valence-corrected chi connectivity index (χ4v) is 1.08. The fourth-order valence-electron chi connectivity index (χ4n) is 1.08. The van der Waals surface area contributed by atoms with Crippen LogP contribution in [0.1, 0.15) is 46.5 Å². The van der Waals surface area contributed by atoms with E-state index >= 15 is 0 Å². The Morgan fingerprint density at radius 2 is 1.91 bits per heavy atom. The number of hydrogen-bond donors (Lipinski definition) is 0. The molecule has 0 radical (unpaired) electrons. The zero-order valence-electron chi connectivity index (χ0n) is 8.11. The molecule has 0 atom stereocenters. The molecule has 0 aliphatic carbocycles. The van der Waals surface area contributed by atoms with Gasteiger partial charge < -0.3 is 0 Å². The molecule has 0 aliphatic rings. The summed E-state index contributed by atoms with van der Waals surface area (Å²) in [5.74, 6) is 0. The molecule has 0 aromatic carbocycles. The van der Waals surface area contributed by atoms with E-state index in [1.54, 1.807) is 0 Å². The highest BCUT2D eigenvalue weighted by Gasteiger charge is 1.94. The Morgan fingerprint density at radius 1 is 1.27 bits per heavy atom. The standard InChI is InChI=1S/C11H20/c1-5-7-9-11(8-6-2)10(3)4/h9H,3,5-8H2,1-2,4H3. The van der Waals surface area contributed by atoms with Crippen LogP contribution in [-0.2, 0) is 0 Å². The van der Waals surface area contributed by atoms with Crippen LogP contribution >= 0.6 is 0 Å². The fraction of sp³-hybridized carbons (Fsp3) is 0.636. The highest BCUT2D eigenvalue weighted by atomic mass is 14.0. The Hall–Kier alpha value is -0.520. The molecule has 0 nitrogen and oxygen atoms in total. The Labute approximate surface area is 71.0 Å². The molecule has 0 aromatic heterocycles. The second-order valence-electron chi connectivity index (χ2n) is 3.05. The van der Waals surface area contributed by atoms with Crippen LogP contribution in [0.4, 0.5) is 0 Å². The van der Waals surface area contributed by atoms with Gasteiger partial charge in [0, 0.05) is 0 Å². The van der Waals surface area contributed by atoms with E-state index in [0.717, 1.165) is 0 Å². The Bertz CT molecular complexity index is 140. The summed E-state index contributed by atoms with van der Waals surface area (Å²) in [7, 11) is 0. The molecule has 0 rings (SSSR count). The number of allylic oxidation sites excluding steroid dienone is 3. The van der Waals surface area contributed by atoms with Crippen LogP contribution in [-0.4, -0.2) is 0 Å². The van der Waals surface area contributed by atoms with Crippen molar-refractivity contribution in [2.24, 2.45) is 0 Å². The van der Waals surface area contributed by atoms with Gasteiger partial charge in [0.25, 0.3) is 0 Å². The SMILES string of the molecule is C=C(C)C(=CCCC)CCC. The number of rotatable bonds is 5. The van der Waals surface area contributed by atoms with Crippen LogP contribution in [0.25, 0.3) is 0 Å². The van der Waals surface area contributed by atoms with Crippen molar-refractivity contribution in [2.45, 2.75) is 46.5 Å². The summed E-state index contributed by atoms with van der Waals surface area (Å²) < 4.78 is 0. The first kappa shape index (κ1) is 10.5. The third kappa shape index (κ3) is 4.83. The topological polar surface area (TPSA) is 0 Å². The van der Waals surface area contributed by atoms with E-state index in [-0.39, 0.29) is 0 Å². The molecule has 0 amide bonds. The van der Waals surface area contributed by atoms with Crippen LogP contribution in [0.5, 0.6) is 0 Å². The predicted molar refractivity (Wildman–Crippen MR) is 52.7 cm³/mol. The molecule has 0 bridgehead atoms. The lowest BCUT2D eigenvalue weighted by atomic mass is 10.0. The normalized spacial score (nSPS) is 11.7. The van der Waals surface area contributed by atoms with Gasteiger partial charge in [-0.15, -0.1) is 0 Å². The van der Waals surface area contributed by atoms with Crippen molar-refractivity contribution in [1.82, 2.24) is 0 Å². The molecule has 0 heteroatoms. The second kappa shape index (κ2) is 6.21. The van der Waals surface area contributed by atoms with Gasteiger partial charge in [0.1, 0.15) is 0 Å². The van der Waals surface area contributed by atoms with Crippen molar-refractivity contribution in [3.05, 3.63) is 23.8 Å². The Balaban J connectivity index is 3.97. The molecule has 0 aliphatic heterocycles. The van der Waals surface area contributed by atoms with Crippen LogP contribution in [0.3, 0.4) is 0 Å². The van der Waals surface area contributed by atoms with Gasteiger partial charge in [-0.1, -0.05) is 44.9 Å². The van der Waals surface area contributed by atoms with Gasteiger partial charge in [0.15, 0.2) is 0 Å². The Kier molecular flexibility index (Phi) is 5.91. The lowest BCUT2D eigenvalue weighted by molar-refractivity contribution is 0.883. The lowest BCUT2D eigenvalue weighted by Gasteiger charge is -2.04. The first-order chi connectivity index (χ1) is 5.22. The highest BCUT2D eigenvalue weighted by Crippen LogP contribution is 2.14. The maximum atomic E-state index is 3.96. The van der Waals surface area contributed by atoms with E-state index < -0.39 is 0 Å². The molecule has 0 heterocycles. The van der Waals surface area contributed by atoms with Gasteiger partial charge in [0.05, 0.1) is 0 Å². The quantitative estimate of drug-likeness (QED) is 0.520. The van der Waals surface area contributed by atoms with Gasteiger partial charge in [-0.3, -0.25) is 0 Å². The summed E-state index contributed by atoms with van der Waals surface area (Å²) >= 11 is 0. The van der Waals surface area contributed by atoms with E-state index in [9.17, 15) is 0 Å². The van der Waals surface area contributed by atoms with Crippen molar-refractivity contribution in [3.8, 4) is 0 Å². The molecule has 0 spiro atoms. The van der Waals surface area contributed by atoms with Gasteiger partial charge in [-0.25, -0.2) is 0 Å². The molecular formula is C11H20. The van der Waals surface area contributed by atoms with Crippen molar-refractivity contribution in [2.75, 3.05) is 0 Å². The minimum atomic E-state index is 1.19. The minimum Gasteiger partial charge on any atom is -0.0958 e. The van der Waals surface area contributed by atoms with Gasteiger partial charge in [0.2, 0.25) is 0 Å². The summed E-state index contributed by atoms with van der Waals surface area (Å²) in [4.78, 5) is 0. The first-order valence-corrected chi connectivity index (χ1v) is 4.57. The number of hydrogen-bond acceptors (Lipinski definition) is 0. The number of unbranched alkanes of at least 4 members (excludes halogenated alkanes) is 1. The van der Waals surface area contributed by atoms with Gasteiger partial charge >= 0.3 is 0 Å². The van der Waals surface area contributed by atoms with Crippen molar-refractivity contribution in [3.63, 3.8) is 0 Å². The molecule has 0 N–H and O–H groups in total. The molecule has 11 heavy (non-hydrogen) atoms. The lowest BCUT2D eigenvalue weighted by Crippen LogP contribution is -1.83. The molecular weight excluding hydrogens is 132 g/mol. The van der Waals surface area contributed by atoms with Crippen LogP contribution in [0.15, 0.2) is 23.8 Å². The molecule has 0 saturated heterocycles. The van der Waals surface area contributed by atoms with E-state index in [1.807, 2.05) is 0 Å². The Morgan fingerprint density at radius 3 is 2.27 bits per heavy atom. The highest BCUT2D eigenvalue weighted by molar-refractivity contribution is 5.25. The summed E-state index contributed by atoms with van der Waals surface area (Å²) in [6.07, 6.45) is 7.17. The van der Waals surface area contributed by atoms with E-state index in [0.29, 0.717) is 0 Å². The van der Waals surface area contributed by atoms with E-state index in [4.69, 9.17) is 0 Å². The summed E-state index contributed by atoms with van der Waals surface area (Å²) in [5, 5.41) is 0.